The number of likely N-dealkylation sites (tertiary alicyclic amines) is 1. The summed E-state index contributed by atoms with van der Waals surface area (Å²) in [6, 6.07) is 0. The second-order valence-corrected chi connectivity index (χ2v) is 8.21. The Morgan fingerprint density at radius 2 is 1.96 bits per heavy atom. The zero-order valence-corrected chi connectivity index (χ0v) is 14.4. The van der Waals surface area contributed by atoms with Gasteiger partial charge in [0, 0.05) is 32.0 Å². The van der Waals surface area contributed by atoms with Crippen LogP contribution in [0.4, 0.5) is 0 Å². The number of hydrogen-bond acceptors (Lipinski definition) is 4. The van der Waals surface area contributed by atoms with Crippen LogP contribution < -0.4 is 0 Å². The minimum atomic E-state index is -0.457. The van der Waals surface area contributed by atoms with E-state index >= 15 is 0 Å². The van der Waals surface area contributed by atoms with Crippen LogP contribution in [0.5, 0.6) is 0 Å². The Labute approximate surface area is 139 Å². The fourth-order valence-electron chi connectivity index (χ4n) is 4.76. The molecule has 1 unspecified atom stereocenters. The van der Waals surface area contributed by atoms with Crippen molar-refractivity contribution >= 4 is 0 Å². The van der Waals surface area contributed by atoms with Gasteiger partial charge in [-0.2, -0.15) is 0 Å². The second kappa shape index (κ2) is 6.17. The van der Waals surface area contributed by atoms with Crippen LogP contribution in [0.2, 0.25) is 0 Å². The van der Waals surface area contributed by atoms with Gasteiger partial charge < -0.3 is 9.67 Å². The lowest BCUT2D eigenvalue weighted by atomic mass is 9.79. The number of hydrogen-bond donors (Lipinski definition) is 1. The molecule has 5 heteroatoms. The summed E-state index contributed by atoms with van der Waals surface area (Å²) in [6.07, 6.45) is 9.00. The van der Waals surface area contributed by atoms with Crippen molar-refractivity contribution in [1.29, 1.82) is 0 Å². The molecule has 5 nitrogen and oxygen atoms in total. The Kier molecular flexibility index (Phi) is 4.18. The van der Waals surface area contributed by atoms with Gasteiger partial charge in [0.05, 0.1) is 5.60 Å². The molecule has 1 N–H and O–H groups in total. The molecule has 2 aliphatic heterocycles. The van der Waals surface area contributed by atoms with Crippen LogP contribution in [0.15, 0.2) is 0 Å². The first-order valence-corrected chi connectivity index (χ1v) is 9.50. The summed E-state index contributed by atoms with van der Waals surface area (Å²) in [5.41, 5.74) is -0.457. The fraction of sp³-hybridized carbons (Fsp3) is 0.889. The molecule has 1 atom stereocenters. The van der Waals surface area contributed by atoms with Gasteiger partial charge in [-0.05, 0) is 57.4 Å². The largest absolute Gasteiger partial charge is 0.389 e. The van der Waals surface area contributed by atoms with E-state index in [1.54, 1.807) is 0 Å². The average molecular weight is 318 g/mol. The molecule has 1 aromatic heterocycles. The molecule has 0 amide bonds. The highest BCUT2D eigenvalue weighted by Gasteiger charge is 2.36. The number of aliphatic hydroxyl groups is 1. The topological polar surface area (TPSA) is 54.2 Å². The molecule has 3 heterocycles. The number of piperidine rings is 1. The number of rotatable bonds is 3. The highest BCUT2D eigenvalue weighted by Crippen LogP contribution is 2.34. The molecule has 23 heavy (non-hydrogen) atoms. The van der Waals surface area contributed by atoms with E-state index in [2.05, 4.69) is 26.6 Å². The highest BCUT2D eigenvalue weighted by atomic mass is 16.3. The number of nitrogens with zero attached hydrogens (tertiary/aromatic N) is 4. The molecule has 1 aliphatic carbocycles. The first-order valence-electron chi connectivity index (χ1n) is 9.50. The third kappa shape index (κ3) is 3.18. The monoisotopic (exact) mass is 318 g/mol. The third-order valence-electron chi connectivity index (χ3n) is 6.23. The molecule has 1 aromatic rings. The van der Waals surface area contributed by atoms with Crippen molar-refractivity contribution in [1.82, 2.24) is 19.7 Å². The molecule has 0 radical (unpaired) electrons. The summed E-state index contributed by atoms with van der Waals surface area (Å²) in [5.74, 6) is 3.65. The lowest BCUT2D eigenvalue weighted by Crippen LogP contribution is -2.48. The summed E-state index contributed by atoms with van der Waals surface area (Å²) in [4.78, 5) is 2.49. The van der Waals surface area contributed by atoms with E-state index in [0.717, 1.165) is 51.4 Å². The highest BCUT2D eigenvalue weighted by molar-refractivity contribution is 5.07. The third-order valence-corrected chi connectivity index (χ3v) is 6.23. The lowest BCUT2D eigenvalue weighted by molar-refractivity contribution is -0.0399. The van der Waals surface area contributed by atoms with Crippen molar-refractivity contribution in [2.75, 3.05) is 19.6 Å². The maximum absolute atomic E-state index is 10.9. The smallest absolute Gasteiger partial charge is 0.137 e. The van der Waals surface area contributed by atoms with E-state index in [1.165, 1.54) is 43.8 Å². The molecule has 4 rings (SSSR count). The first kappa shape index (κ1) is 15.6. The van der Waals surface area contributed by atoms with E-state index in [4.69, 9.17) is 0 Å². The van der Waals surface area contributed by atoms with Crippen LogP contribution >= 0.6 is 0 Å². The zero-order valence-electron chi connectivity index (χ0n) is 14.4. The van der Waals surface area contributed by atoms with E-state index in [0.29, 0.717) is 5.92 Å². The summed E-state index contributed by atoms with van der Waals surface area (Å²) in [5, 5.41) is 19.8. The molecular weight excluding hydrogens is 288 g/mol. The average Bonchev–Trinajstić information content (AvgIpc) is 3.14. The van der Waals surface area contributed by atoms with Crippen molar-refractivity contribution < 1.29 is 5.11 Å². The van der Waals surface area contributed by atoms with Gasteiger partial charge in [0.1, 0.15) is 11.6 Å². The predicted molar refractivity (Wildman–Crippen MR) is 89.3 cm³/mol. The van der Waals surface area contributed by atoms with Crippen LogP contribution in [0.3, 0.4) is 0 Å². The summed E-state index contributed by atoms with van der Waals surface area (Å²) < 4.78 is 2.35. The predicted octanol–water partition coefficient (Wildman–Crippen LogP) is 2.34. The van der Waals surface area contributed by atoms with Gasteiger partial charge in [-0.3, -0.25) is 4.90 Å². The molecule has 128 valence electrons. The Balaban J connectivity index is 1.41. The van der Waals surface area contributed by atoms with E-state index < -0.39 is 5.60 Å². The SMILES string of the molecule is CC1CCC(O)(CN2CCCC(c3nnc4n3CCC4)C2)CC1. The molecule has 2 fully saturated rings. The molecule has 3 aliphatic rings. The molecule has 0 aromatic carbocycles. The number of fused-ring (bicyclic) bond motifs is 1. The molecule has 1 saturated heterocycles. The Morgan fingerprint density at radius 1 is 1.13 bits per heavy atom. The van der Waals surface area contributed by atoms with Crippen molar-refractivity contribution in [2.24, 2.45) is 5.92 Å². The van der Waals surface area contributed by atoms with Crippen molar-refractivity contribution in [2.45, 2.75) is 76.4 Å². The summed E-state index contributed by atoms with van der Waals surface area (Å²) >= 11 is 0. The normalized spacial score (nSPS) is 35.4. The Hall–Kier alpha value is -0.940. The standard InChI is InChI=1S/C18H30N4O/c1-14-6-8-18(23,9-7-14)13-21-10-2-4-15(12-21)17-20-19-16-5-3-11-22(16)17/h14-15,23H,2-13H2,1H3. The van der Waals surface area contributed by atoms with E-state index in [-0.39, 0.29) is 0 Å². The minimum absolute atomic E-state index is 0.457. The fourth-order valence-corrected chi connectivity index (χ4v) is 4.76. The maximum Gasteiger partial charge on any atom is 0.137 e. The van der Waals surface area contributed by atoms with Crippen molar-refractivity contribution in [3.8, 4) is 0 Å². The number of β-amino-alcohol motifs (C(OH)–C–C–N with tert-alkyl or cyclic N) is 1. The van der Waals surface area contributed by atoms with Crippen molar-refractivity contribution in [3.05, 3.63) is 11.6 Å². The Morgan fingerprint density at radius 3 is 2.78 bits per heavy atom. The molecular formula is C18H30N4O. The second-order valence-electron chi connectivity index (χ2n) is 8.21. The van der Waals surface area contributed by atoms with Gasteiger partial charge in [0.15, 0.2) is 0 Å². The molecule has 0 spiro atoms. The van der Waals surface area contributed by atoms with Gasteiger partial charge >= 0.3 is 0 Å². The lowest BCUT2D eigenvalue weighted by Gasteiger charge is -2.41. The summed E-state index contributed by atoms with van der Waals surface area (Å²) in [6.45, 7) is 6.40. The van der Waals surface area contributed by atoms with Crippen LogP contribution in [-0.4, -0.2) is 50.0 Å². The van der Waals surface area contributed by atoms with Crippen LogP contribution in [0.1, 0.15) is 69.4 Å². The van der Waals surface area contributed by atoms with Crippen molar-refractivity contribution in [3.63, 3.8) is 0 Å². The number of aromatic nitrogens is 3. The minimum Gasteiger partial charge on any atom is -0.389 e. The van der Waals surface area contributed by atoms with Gasteiger partial charge in [0.2, 0.25) is 0 Å². The number of aryl methyl sites for hydroxylation is 1. The molecule has 0 bridgehead atoms. The quantitative estimate of drug-likeness (QED) is 0.929. The van der Waals surface area contributed by atoms with Gasteiger partial charge in [-0.25, -0.2) is 0 Å². The van der Waals surface area contributed by atoms with Gasteiger partial charge in [-0.1, -0.05) is 6.92 Å². The van der Waals surface area contributed by atoms with Crippen LogP contribution in [0, 0.1) is 5.92 Å². The maximum atomic E-state index is 10.9. The zero-order chi connectivity index (χ0) is 15.9. The first-order chi connectivity index (χ1) is 11.1. The van der Waals surface area contributed by atoms with Crippen LogP contribution in [0.25, 0.3) is 0 Å². The Bertz CT molecular complexity index is 547. The molecule has 1 saturated carbocycles. The van der Waals surface area contributed by atoms with E-state index in [9.17, 15) is 5.11 Å². The summed E-state index contributed by atoms with van der Waals surface area (Å²) in [7, 11) is 0. The van der Waals surface area contributed by atoms with Gasteiger partial charge in [0.25, 0.3) is 0 Å². The van der Waals surface area contributed by atoms with Gasteiger partial charge in [-0.15, -0.1) is 10.2 Å². The van der Waals surface area contributed by atoms with Crippen LogP contribution in [-0.2, 0) is 13.0 Å². The van der Waals surface area contributed by atoms with E-state index in [1.807, 2.05) is 0 Å².